The lowest BCUT2D eigenvalue weighted by atomic mass is 10.2. The Labute approximate surface area is 116 Å². The largest absolute Gasteiger partial charge is 0.397 e. The number of sulfonamides is 1. The summed E-state index contributed by atoms with van der Waals surface area (Å²) < 4.78 is 29.8. The van der Waals surface area contributed by atoms with Gasteiger partial charge in [-0.25, -0.2) is 12.7 Å². The van der Waals surface area contributed by atoms with E-state index in [-0.39, 0.29) is 11.4 Å². The van der Waals surface area contributed by atoms with Crippen LogP contribution in [0.5, 0.6) is 0 Å². The molecule has 20 heavy (non-hydrogen) atoms. The summed E-state index contributed by atoms with van der Waals surface area (Å²) in [6, 6.07) is 4.48. The molecule has 0 radical (unpaired) electrons. The van der Waals surface area contributed by atoms with Crippen molar-refractivity contribution < 1.29 is 12.9 Å². The zero-order valence-electron chi connectivity index (χ0n) is 11.1. The Morgan fingerprint density at radius 3 is 2.75 bits per heavy atom. The molecule has 0 spiro atoms. The summed E-state index contributed by atoms with van der Waals surface area (Å²) in [5, 5.41) is 6.62. The Morgan fingerprint density at radius 2 is 2.15 bits per heavy atom. The second-order valence-corrected chi connectivity index (χ2v) is 6.39. The van der Waals surface area contributed by atoms with E-state index in [1.807, 2.05) is 0 Å². The summed E-state index contributed by atoms with van der Waals surface area (Å²) >= 11 is 0. The van der Waals surface area contributed by atoms with Gasteiger partial charge in [0.25, 0.3) is 0 Å². The molecule has 0 saturated heterocycles. The third kappa shape index (κ3) is 2.89. The Bertz CT molecular complexity index is 682. The van der Waals surface area contributed by atoms with Gasteiger partial charge in [0, 0.05) is 14.1 Å². The maximum Gasteiger partial charge on any atom is 0.242 e. The van der Waals surface area contributed by atoms with Gasteiger partial charge in [0.15, 0.2) is 5.82 Å². The van der Waals surface area contributed by atoms with E-state index in [9.17, 15) is 8.42 Å². The van der Waals surface area contributed by atoms with Gasteiger partial charge in [0.1, 0.15) is 0 Å². The molecule has 0 atom stereocenters. The topological polar surface area (TPSA) is 114 Å². The monoisotopic (exact) mass is 297 g/mol. The van der Waals surface area contributed by atoms with Gasteiger partial charge in [-0.1, -0.05) is 5.16 Å². The van der Waals surface area contributed by atoms with Crippen LogP contribution in [0.1, 0.15) is 5.82 Å². The number of nitrogens with zero attached hydrogens (tertiary/aromatic N) is 3. The normalized spacial score (nSPS) is 11.8. The van der Waals surface area contributed by atoms with Gasteiger partial charge in [-0.2, -0.15) is 4.98 Å². The number of benzene rings is 1. The van der Waals surface area contributed by atoms with Gasteiger partial charge in [-0.15, -0.1) is 0 Å². The highest BCUT2D eigenvalue weighted by atomic mass is 32.2. The van der Waals surface area contributed by atoms with E-state index in [4.69, 9.17) is 5.73 Å². The van der Waals surface area contributed by atoms with E-state index in [1.54, 1.807) is 0 Å². The molecule has 0 amide bonds. The van der Waals surface area contributed by atoms with Crippen molar-refractivity contribution in [2.45, 2.75) is 11.4 Å². The van der Waals surface area contributed by atoms with Crippen molar-refractivity contribution in [2.24, 2.45) is 0 Å². The van der Waals surface area contributed by atoms with Crippen molar-refractivity contribution in [2.75, 3.05) is 25.1 Å². The summed E-state index contributed by atoms with van der Waals surface area (Å²) in [7, 11) is -0.560. The Kier molecular flexibility index (Phi) is 3.91. The molecule has 1 aromatic carbocycles. The molecule has 0 bridgehead atoms. The number of hydrogen-bond acceptors (Lipinski definition) is 7. The van der Waals surface area contributed by atoms with Gasteiger partial charge < -0.3 is 15.6 Å². The molecular formula is C11H15N5O3S. The van der Waals surface area contributed by atoms with Crippen molar-refractivity contribution in [3.63, 3.8) is 0 Å². The average molecular weight is 297 g/mol. The minimum atomic E-state index is -3.50. The smallest absolute Gasteiger partial charge is 0.242 e. The summed E-state index contributed by atoms with van der Waals surface area (Å²) in [5.74, 6) is 0.449. The highest BCUT2D eigenvalue weighted by Crippen LogP contribution is 2.24. The van der Waals surface area contributed by atoms with Gasteiger partial charge in [0.05, 0.1) is 22.8 Å². The van der Waals surface area contributed by atoms with Crippen LogP contribution < -0.4 is 11.1 Å². The van der Waals surface area contributed by atoms with Crippen LogP contribution in [0, 0.1) is 0 Å². The van der Waals surface area contributed by atoms with Gasteiger partial charge in [-0.05, 0) is 18.2 Å². The van der Waals surface area contributed by atoms with Crippen molar-refractivity contribution in [3.05, 3.63) is 30.4 Å². The molecule has 0 aliphatic rings. The number of nitrogens with one attached hydrogen (secondary N) is 1. The third-order valence-electron chi connectivity index (χ3n) is 2.65. The molecule has 0 unspecified atom stereocenters. The van der Waals surface area contributed by atoms with Crippen LogP contribution in [0.3, 0.4) is 0 Å². The van der Waals surface area contributed by atoms with E-state index in [0.29, 0.717) is 17.2 Å². The molecule has 2 aromatic rings. The van der Waals surface area contributed by atoms with E-state index in [2.05, 4.69) is 20.0 Å². The molecule has 3 N–H and O–H groups in total. The number of nitrogen functional groups attached to an aromatic ring is 1. The first kappa shape index (κ1) is 14.3. The summed E-state index contributed by atoms with van der Waals surface area (Å²) in [4.78, 5) is 4.01. The molecule has 0 fully saturated rings. The molecule has 9 heteroatoms. The first-order valence-corrected chi connectivity index (χ1v) is 7.16. The summed E-state index contributed by atoms with van der Waals surface area (Å²) in [6.07, 6.45) is 1.22. The molecule has 8 nitrogen and oxygen atoms in total. The van der Waals surface area contributed by atoms with Gasteiger partial charge in [-0.3, -0.25) is 0 Å². The molecule has 108 valence electrons. The van der Waals surface area contributed by atoms with Gasteiger partial charge >= 0.3 is 0 Å². The van der Waals surface area contributed by atoms with E-state index >= 15 is 0 Å². The highest BCUT2D eigenvalue weighted by Gasteiger charge is 2.18. The van der Waals surface area contributed by atoms with Crippen LogP contribution in [-0.2, 0) is 16.6 Å². The summed E-state index contributed by atoms with van der Waals surface area (Å²) in [5.41, 5.74) is 6.75. The fourth-order valence-corrected chi connectivity index (χ4v) is 2.43. The molecular weight excluding hydrogens is 282 g/mol. The third-order valence-corrected chi connectivity index (χ3v) is 4.46. The predicted octanol–water partition coefficient (Wildman–Crippen LogP) is 0.514. The van der Waals surface area contributed by atoms with Crippen LogP contribution in [0.4, 0.5) is 11.4 Å². The molecule has 0 aliphatic heterocycles. The maximum absolute atomic E-state index is 12.0. The van der Waals surface area contributed by atoms with E-state index < -0.39 is 10.0 Å². The SMILES string of the molecule is CN(C)S(=O)(=O)c1ccc(N)c(NCc2ncon2)c1. The lowest BCUT2D eigenvalue weighted by Crippen LogP contribution is -2.22. The van der Waals surface area contributed by atoms with E-state index in [0.717, 1.165) is 4.31 Å². The number of rotatable bonds is 5. The maximum atomic E-state index is 12.0. The van der Waals surface area contributed by atoms with E-state index in [1.165, 1.54) is 38.7 Å². The number of nitrogens with two attached hydrogens (primary N) is 1. The minimum absolute atomic E-state index is 0.160. The fraction of sp³-hybridized carbons (Fsp3) is 0.273. The van der Waals surface area contributed by atoms with Crippen molar-refractivity contribution in [1.29, 1.82) is 0 Å². The molecule has 1 aromatic heterocycles. The quantitative estimate of drug-likeness (QED) is 0.773. The molecule has 0 saturated carbocycles. The van der Waals surface area contributed by atoms with Crippen LogP contribution in [-0.4, -0.2) is 37.0 Å². The standard InChI is InChI=1S/C11H15N5O3S/c1-16(2)20(17,18)8-3-4-9(12)10(5-8)13-6-11-14-7-19-15-11/h3-5,7,13H,6,12H2,1-2H3. The molecule has 1 heterocycles. The van der Waals surface area contributed by atoms with Crippen molar-refractivity contribution in [3.8, 4) is 0 Å². The fourth-order valence-electron chi connectivity index (χ4n) is 1.50. The highest BCUT2D eigenvalue weighted by molar-refractivity contribution is 7.89. The number of anilines is 2. The second-order valence-electron chi connectivity index (χ2n) is 4.24. The lowest BCUT2D eigenvalue weighted by Gasteiger charge is -2.14. The zero-order chi connectivity index (χ0) is 14.8. The average Bonchev–Trinajstić information content (AvgIpc) is 2.90. The molecule has 0 aliphatic carbocycles. The zero-order valence-corrected chi connectivity index (χ0v) is 11.9. The van der Waals surface area contributed by atoms with Crippen molar-refractivity contribution in [1.82, 2.24) is 14.4 Å². The lowest BCUT2D eigenvalue weighted by molar-refractivity contribution is 0.411. The van der Waals surface area contributed by atoms with Crippen LogP contribution >= 0.6 is 0 Å². The summed E-state index contributed by atoms with van der Waals surface area (Å²) in [6.45, 7) is 0.284. The van der Waals surface area contributed by atoms with Crippen LogP contribution in [0.2, 0.25) is 0 Å². The first-order valence-electron chi connectivity index (χ1n) is 5.72. The van der Waals surface area contributed by atoms with Gasteiger partial charge in [0.2, 0.25) is 16.4 Å². The van der Waals surface area contributed by atoms with Crippen LogP contribution in [0.25, 0.3) is 0 Å². The second kappa shape index (κ2) is 5.47. The first-order chi connectivity index (χ1) is 9.41. The minimum Gasteiger partial charge on any atom is -0.397 e. The van der Waals surface area contributed by atoms with Crippen LogP contribution in [0.15, 0.2) is 34.0 Å². The Balaban J connectivity index is 2.25. The Hall–Kier alpha value is -2.13. The molecule has 2 rings (SSSR count). The Morgan fingerprint density at radius 1 is 1.40 bits per heavy atom. The number of hydrogen-bond donors (Lipinski definition) is 2. The predicted molar refractivity (Wildman–Crippen MR) is 73.4 cm³/mol. The van der Waals surface area contributed by atoms with Crippen molar-refractivity contribution >= 4 is 21.4 Å². The number of aromatic nitrogens is 2.